The van der Waals surface area contributed by atoms with E-state index < -0.39 is 86.7 Å². The van der Waals surface area contributed by atoms with E-state index in [2.05, 4.69) is 5.32 Å². The van der Waals surface area contributed by atoms with Gasteiger partial charge in [0.05, 0.1) is 17.1 Å². The lowest BCUT2D eigenvalue weighted by Crippen LogP contribution is -2.54. The summed E-state index contributed by atoms with van der Waals surface area (Å²) in [7, 11) is 0. The first-order valence-electron chi connectivity index (χ1n) is 51.1. The van der Waals surface area contributed by atoms with E-state index in [1.807, 2.05) is 103 Å². The van der Waals surface area contributed by atoms with Gasteiger partial charge in [0, 0.05) is 162 Å². The number of carbonyl (C=O) groups is 9. The van der Waals surface area contributed by atoms with Crippen molar-refractivity contribution < 1.29 is 97.2 Å². The van der Waals surface area contributed by atoms with Crippen molar-refractivity contribution in [3.8, 4) is 23.0 Å². The fraction of sp³-hybridized carbons (Fsp3) is 0.500. The van der Waals surface area contributed by atoms with Crippen LogP contribution in [0.5, 0.6) is 23.0 Å². The number of nitrogens with one attached hydrogen (secondary N) is 1. The molecule has 4 fully saturated rings. The summed E-state index contributed by atoms with van der Waals surface area (Å²) in [5.41, 5.74) is -0.572. The largest absolute Gasteiger partial charge is 0.475 e. The Morgan fingerprint density at radius 2 is 0.629 bits per heavy atom. The number of Topliss-reactive ketones (excluding diaryl/α,β-unsaturated/α-hetero) is 1. The van der Waals surface area contributed by atoms with E-state index in [0.29, 0.717) is 99.4 Å². The molecule has 0 bridgehead atoms. The Morgan fingerprint density at radius 1 is 0.350 bits per heavy atom. The summed E-state index contributed by atoms with van der Waals surface area (Å²) in [6, 6.07) is 30.1. The van der Waals surface area contributed by atoms with Crippen LogP contribution >= 0.6 is 0 Å². The van der Waals surface area contributed by atoms with Crippen molar-refractivity contribution in [2.24, 2.45) is 0 Å². The summed E-state index contributed by atoms with van der Waals surface area (Å²) in [5.74, 6) is -6.81. The Hall–Kier alpha value is -12.2. The molecule has 4 atom stereocenters. The lowest BCUT2D eigenvalue weighted by molar-refractivity contribution is -0.135. The highest BCUT2D eigenvalue weighted by Gasteiger charge is 2.52. The van der Waals surface area contributed by atoms with E-state index in [1.165, 1.54) is 58.3 Å². The maximum atomic E-state index is 14.2. The van der Waals surface area contributed by atoms with Gasteiger partial charge < -0.3 is 58.6 Å². The van der Waals surface area contributed by atoms with Gasteiger partial charge in [-0.1, -0.05) is 97.8 Å². The number of ketones is 1. The van der Waals surface area contributed by atoms with Crippen LogP contribution in [0.25, 0.3) is 0 Å². The SMILES string of the molecule is CC(C)N(C(=O)c1ccc2c(c1)CC(=O)C(C)(c1cc(F)cc(F)c1)O2)C1CCCCC1.CCC(=O)NCCN1C(=O)C(C)(c2cc(F)cc(F)c2)Oc2cc(C)c(C(=O)N(C(C)C)C3CCCCC3)cc21.CCCN1C(=O)C(C)(c2cc(F)cc(F)c2)Oc2cc(C)c(C(=O)N(C(C)C)C3CCCCC3)cc21.CCCN1C(=O)C(C)(c2cc(F)cc(F)c2)Oc2ccc(C(=O)N(C(C)C)C3CCCCC3)cc21. The average molecular weight is 1980 g/mol. The zero-order valence-corrected chi connectivity index (χ0v) is 85.6. The lowest BCUT2D eigenvalue weighted by Gasteiger charge is -2.42. The molecule has 4 aliphatic heterocycles. The lowest BCUT2D eigenvalue weighted by atomic mass is 9.84. The van der Waals surface area contributed by atoms with Gasteiger partial charge in [-0.2, -0.15) is 0 Å². The van der Waals surface area contributed by atoms with Crippen LogP contribution < -0.4 is 39.0 Å². The van der Waals surface area contributed by atoms with Gasteiger partial charge in [-0.15, -0.1) is 0 Å². The molecule has 0 radical (unpaired) electrons. The van der Waals surface area contributed by atoms with E-state index in [1.54, 1.807) is 77.4 Å². The van der Waals surface area contributed by atoms with E-state index >= 15 is 0 Å². The second-order valence-corrected chi connectivity index (χ2v) is 41.0. The molecule has 8 aliphatic rings. The van der Waals surface area contributed by atoms with E-state index in [4.69, 9.17) is 18.9 Å². The summed E-state index contributed by atoms with van der Waals surface area (Å²) in [4.78, 5) is 134. The average Bonchev–Trinajstić information content (AvgIpc) is 0.757. The summed E-state index contributed by atoms with van der Waals surface area (Å²) in [6.45, 7) is 32.6. The minimum absolute atomic E-state index is 0.00422. The second-order valence-electron chi connectivity index (χ2n) is 41.0. The van der Waals surface area contributed by atoms with Crippen LogP contribution in [0.15, 0.2) is 133 Å². The highest BCUT2D eigenvalue weighted by molar-refractivity contribution is 6.08. The number of amides is 8. The number of aryl methyl sites for hydroxylation is 2. The van der Waals surface area contributed by atoms with Crippen molar-refractivity contribution in [2.45, 2.75) is 343 Å². The number of anilines is 3. The molecule has 1 N–H and O–H groups in total. The molecule has 4 unspecified atom stereocenters. The monoisotopic (exact) mass is 1980 g/mol. The third kappa shape index (κ3) is 23.6. The number of ether oxygens (including phenoxy) is 4. The molecular weight excluding hydrogens is 1840 g/mol. The van der Waals surface area contributed by atoms with Crippen molar-refractivity contribution in [1.82, 2.24) is 24.9 Å². The highest BCUT2D eigenvalue weighted by atomic mass is 19.2. The number of nitrogens with zero attached hydrogens (tertiary/aromatic N) is 7. The van der Waals surface area contributed by atoms with E-state index in [9.17, 15) is 78.3 Å². The first kappa shape index (κ1) is 108. The zero-order chi connectivity index (χ0) is 104. The number of hydrogen-bond donors (Lipinski definition) is 1. The normalized spacial score (nSPS) is 20.3. The summed E-state index contributed by atoms with van der Waals surface area (Å²) < 4.78 is 137. The van der Waals surface area contributed by atoms with Gasteiger partial charge in [0.25, 0.3) is 41.4 Å². The van der Waals surface area contributed by atoms with Crippen LogP contribution in [0.1, 0.15) is 332 Å². The van der Waals surface area contributed by atoms with Crippen molar-refractivity contribution in [2.75, 3.05) is 40.9 Å². The standard InChI is InChI=1S/C31H39F2N3O4.C29H36F2N2O3.C28H34F2N2O3.C26H29F2NO3/c1-6-28(37)34-12-13-35-26-18-25(29(38)36(19(2)3)24-10-8-7-9-11-24)20(4)14-27(26)40-31(5,30(35)39)21-15-22(32)17-23(33)16-21;1-6-12-32-25-17-24(27(34)33(18(2)3)23-10-8-7-9-11-23)19(4)13-26(25)36-29(5,28(32)35)20-14-21(30)16-22(31)15-20;1-5-13-31-24-14-19(26(33)32(18(2)3)23-9-7-6-8-10-23)11-12-25(24)35-28(4,27(31)34)20-15-21(29)17-22(30)16-20;1-16(2)29(22-7-5-4-6-8-22)25(31)17-9-10-23-18(11-17)12-24(30)26(3,32-23)19-13-20(27)15-21(28)14-19/h14-19,24H,6-13H2,1-5H3,(H,34,37);13-18,23H,6-12H2,1-5H3;11-12,14-18,23H,5-10,13H2,1-4H3;9-11,13-16,22H,4-8,12H2,1-3H3. The molecule has 8 aromatic carbocycles. The minimum Gasteiger partial charge on any atom is -0.475 e. The number of rotatable bonds is 24. The van der Waals surface area contributed by atoms with Gasteiger partial charge in [-0.05, 0) is 281 Å². The van der Waals surface area contributed by atoms with Crippen LogP contribution in [0.4, 0.5) is 52.2 Å². The van der Waals surface area contributed by atoms with Gasteiger partial charge in [0.2, 0.25) is 22.7 Å². The van der Waals surface area contributed by atoms with E-state index in [-0.39, 0.29) is 132 Å². The molecule has 4 saturated carbocycles. The molecule has 0 aromatic heterocycles. The molecule has 8 amide bonds. The van der Waals surface area contributed by atoms with Gasteiger partial charge in [-0.3, -0.25) is 43.2 Å². The number of benzene rings is 8. The van der Waals surface area contributed by atoms with Crippen molar-refractivity contribution in [1.29, 1.82) is 0 Å². The molecular formula is C114H138F8N8O13. The molecule has 0 saturated heterocycles. The van der Waals surface area contributed by atoms with Crippen molar-refractivity contribution in [3.05, 3.63) is 241 Å². The third-order valence-corrected chi connectivity index (χ3v) is 29.1. The Kier molecular flexibility index (Phi) is 34.6. The van der Waals surface area contributed by atoms with Crippen molar-refractivity contribution in [3.63, 3.8) is 0 Å². The maximum Gasteiger partial charge on any atom is 0.275 e. The molecule has 768 valence electrons. The van der Waals surface area contributed by atoms with Crippen LogP contribution in [0, 0.1) is 60.4 Å². The predicted molar refractivity (Wildman–Crippen MR) is 535 cm³/mol. The molecule has 0 spiro atoms. The predicted octanol–water partition coefficient (Wildman–Crippen LogP) is 23.9. The highest BCUT2D eigenvalue weighted by Crippen LogP contribution is 2.50. The summed E-state index contributed by atoms with van der Waals surface area (Å²) >= 11 is 0. The van der Waals surface area contributed by atoms with Crippen LogP contribution in [0.3, 0.4) is 0 Å². The van der Waals surface area contributed by atoms with Crippen LogP contribution in [-0.4, -0.2) is 147 Å². The van der Waals surface area contributed by atoms with Gasteiger partial charge in [0.15, 0.2) is 11.4 Å². The molecule has 29 heteroatoms. The minimum atomic E-state index is -1.73. The fourth-order valence-electron chi connectivity index (χ4n) is 21.7. The molecule has 143 heavy (non-hydrogen) atoms. The van der Waals surface area contributed by atoms with Crippen LogP contribution in [0.2, 0.25) is 0 Å². The Bertz CT molecular complexity index is 5970. The van der Waals surface area contributed by atoms with Crippen molar-refractivity contribution >= 4 is 70.1 Å². The molecule has 21 nitrogen and oxygen atoms in total. The molecule has 16 rings (SSSR count). The number of carbonyl (C=O) groups excluding carboxylic acids is 9. The van der Waals surface area contributed by atoms with Gasteiger partial charge in [-0.25, -0.2) is 35.1 Å². The quantitative estimate of drug-likeness (QED) is 0.0556. The smallest absolute Gasteiger partial charge is 0.275 e. The molecule has 8 aromatic rings. The van der Waals surface area contributed by atoms with Gasteiger partial charge in [0.1, 0.15) is 69.5 Å². The van der Waals surface area contributed by atoms with Gasteiger partial charge >= 0.3 is 0 Å². The molecule has 4 aliphatic carbocycles. The fourth-order valence-corrected chi connectivity index (χ4v) is 21.7. The first-order chi connectivity index (χ1) is 67.9. The Morgan fingerprint density at radius 3 is 0.944 bits per heavy atom. The maximum absolute atomic E-state index is 14.2. The number of fused-ring (bicyclic) bond motifs is 4. The summed E-state index contributed by atoms with van der Waals surface area (Å²) in [6.07, 6.45) is 23.3. The third-order valence-electron chi connectivity index (χ3n) is 29.1. The topological polar surface area (TPSA) is 225 Å². The summed E-state index contributed by atoms with van der Waals surface area (Å²) in [5, 5.41) is 2.77. The zero-order valence-electron chi connectivity index (χ0n) is 85.6. The molecule has 4 heterocycles. The van der Waals surface area contributed by atoms with E-state index in [0.717, 1.165) is 181 Å². The first-order valence-corrected chi connectivity index (χ1v) is 51.1. The second kappa shape index (κ2) is 45.8. The Balaban J connectivity index is 0.000000160. The number of halogens is 8. The van der Waals surface area contributed by atoms with Crippen LogP contribution in [-0.2, 0) is 52.8 Å². The number of hydrogen-bond acceptors (Lipinski definition) is 13. The Labute approximate surface area is 835 Å².